The number of esters is 2. The molecule has 5 heteroatoms. The summed E-state index contributed by atoms with van der Waals surface area (Å²) in [6.07, 6.45) is 1.53. The summed E-state index contributed by atoms with van der Waals surface area (Å²) in [6.45, 7) is 3.04. The average Bonchev–Trinajstić information content (AvgIpc) is 2.60. The molecule has 0 saturated carbocycles. The molecule has 0 N–H and O–H groups in total. The van der Waals surface area contributed by atoms with Crippen molar-refractivity contribution < 1.29 is 19.1 Å². The third-order valence-corrected chi connectivity index (χ3v) is 4.72. The number of hydrogen-bond donors (Lipinski definition) is 0. The van der Waals surface area contributed by atoms with Crippen molar-refractivity contribution in [3.63, 3.8) is 0 Å². The van der Waals surface area contributed by atoms with E-state index in [0.717, 1.165) is 27.1 Å². The lowest BCUT2D eigenvalue weighted by atomic mass is 9.95. The Hall–Kier alpha value is -2.85. The van der Waals surface area contributed by atoms with E-state index in [1.807, 2.05) is 48.5 Å². The zero-order valence-electron chi connectivity index (χ0n) is 14.2. The van der Waals surface area contributed by atoms with E-state index in [4.69, 9.17) is 21.1 Å². The summed E-state index contributed by atoms with van der Waals surface area (Å²) >= 11 is 6.58. The first-order chi connectivity index (χ1) is 12.4. The zero-order chi connectivity index (χ0) is 18.5. The summed E-state index contributed by atoms with van der Waals surface area (Å²) in [7, 11) is 0. The van der Waals surface area contributed by atoms with Crippen LogP contribution in [0, 0.1) is 0 Å². The number of carbonyl (C=O) groups is 2. The highest BCUT2D eigenvalue weighted by atomic mass is 35.5. The molecule has 1 fully saturated rings. The van der Waals surface area contributed by atoms with Crippen LogP contribution < -0.4 is 0 Å². The first kappa shape index (κ1) is 16.6. The van der Waals surface area contributed by atoms with E-state index < -0.39 is 17.7 Å². The van der Waals surface area contributed by atoms with Crippen molar-refractivity contribution in [2.45, 2.75) is 19.6 Å². The number of cyclic esters (lactones) is 2. The van der Waals surface area contributed by atoms with Crippen LogP contribution in [-0.4, -0.2) is 17.7 Å². The summed E-state index contributed by atoms with van der Waals surface area (Å²) < 4.78 is 10.4. The molecular weight excluding hydrogens is 352 g/mol. The van der Waals surface area contributed by atoms with E-state index in [-0.39, 0.29) is 5.57 Å². The van der Waals surface area contributed by atoms with Gasteiger partial charge in [0, 0.05) is 24.6 Å². The molecule has 3 aromatic rings. The molecule has 3 aromatic carbocycles. The molecule has 130 valence electrons. The summed E-state index contributed by atoms with van der Waals surface area (Å²) in [5, 5.41) is 4.01. The molecule has 0 atom stereocenters. The van der Waals surface area contributed by atoms with Crippen molar-refractivity contribution in [3.8, 4) is 0 Å². The maximum Gasteiger partial charge on any atom is 0.348 e. The molecule has 4 nitrogen and oxygen atoms in total. The van der Waals surface area contributed by atoms with E-state index in [1.54, 1.807) is 0 Å². The van der Waals surface area contributed by atoms with Crippen LogP contribution in [0.5, 0.6) is 0 Å². The first-order valence-electron chi connectivity index (χ1n) is 8.15. The lowest BCUT2D eigenvalue weighted by molar-refractivity contribution is -0.222. The van der Waals surface area contributed by atoms with Gasteiger partial charge in [0.25, 0.3) is 5.79 Å². The Balaban J connectivity index is 2.03. The second-order valence-corrected chi connectivity index (χ2v) is 6.93. The molecule has 0 aliphatic carbocycles. The molecule has 1 heterocycles. The maximum atomic E-state index is 12.3. The Morgan fingerprint density at radius 3 is 1.69 bits per heavy atom. The van der Waals surface area contributed by atoms with E-state index in [0.29, 0.717) is 5.02 Å². The van der Waals surface area contributed by atoms with E-state index in [2.05, 4.69) is 0 Å². The van der Waals surface area contributed by atoms with E-state index in [1.165, 1.54) is 19.9 Å². The molecule has 1 saturated heterocycles. The Labute approximate surface area is 155 Å². The van der Waals surface area contributed by atoms with Crippen LogP contribution in [-0.2, 0) is 19.1 Å². The minimum Gasteiger partial charge on any atom is -0.419 e. The van der Waals surface area contributed by atoms with Gasteiger partial charge in [-0.05, 0) is 22.4 Å². The smallest absolute Gasteiger partial charge is 0.348 e. The Morgan fingerprint density at radius 2 is 1.23 bits per heavy atom. The standard InChI is InChI=1S/C21H15ClO4/c1-21(2)25-19(23)17(20(24)26-21)11-16-12-7-3-5-9-14(12)18(22)15-10-6-4-8-13(15)16/h3-11H,1-2H3. The third kappa shape index (κ3) is 2.63. The van der Waals surface area contributed by atoms with Gasteiger partial charge in [-0.3, -0.25) is 0 Å². The molecule has 0 aromatic heterocycles. The molecule has 0 radical (unpaired) electrons. The fourth-order valence-corrected chi connectivity index (χ4v) is 3.52. The molecular formula is C21H15ClO4. The number of hydrogen-bond acceptors (Lipinski definition) is 4. The SMILES string of the molecule is CC1(C)OC(=O)C(=Cc2c3ccccc3c(Cl)c3ccccc23)C(=O)O1. The second kappa shape index (κ2) is 5.85. The average molecular weight is 367 g/mol. The second-order valence-electron chi connectivity index (χ2n) is 6.56. The number of carbonyl (C=O) groups excluding carboxylic acids is 2. The van der Waals surface area contributed by atoms with Crippen molar-refractivity contribution in [3.05, 3.63) is 64.7 Å². The van der Waals surface area contributed by atoms with Crippen molar-refractivity contribution in [1.82, 2.24) is 0 Å². The Kier molecular flexibility index (Phi) is 3.74. The van der Waals surface area contributed by atoms with Gasteiger partial charge in [-0.25, -0.2) is 9.59 Å². The minimum atomic E-state index is -1.27. The maximum absolute atomic E-state index is 12.3. The number of halogens is 1. The van der Waals surface area contributed by atoms with Crippen LogP contribution in [0.2, 0.25) is 5.02 Å². The molecule has 26 heavy (non-hydrogen) atoms. The van der Waals surface area contributed by atoms with Crippen molar-refractivity contribution >= 4 is 51.2 Å². The van der Waals surface area contributed by atoms with Crippen molar-refractivity contribution in [2.75, 3.05) is 0 Å². The van der Waals surface area contributed by atoms with Gasteiger partial charge in [-0.15, -0.1) is 0 Å². The van der Waals surface area contributed by atoms with Gasteiger partial charge >= 0.3 is 11.9 Å². The molecule has 0 spiro atoms. The lowest BCUT2D eigenvalue weighted by Crippen LogP contribution is -2.41. The Morgan fingerprint density at radius 1 is 0.808 bits per heavy atom. The number of ether oxygens (including phenoxy) is 2. The van der Waals surface area contributed by atoms with Crippen LogP contribution in [0.15, 0.2) is 54.1 Å². The molecule has 0 bridgehead atoms. The third-order valence-electron chi connectivity index (χ3n) is 4.31. The minimum absolute atomic E-state index is 0.137. The number of benzene rings is 3. The van der Waals surface area contributed by atoms with E-state index in [9.17, 15) is 9.59 Å². The van der Waals surface area contributed by atoms with Crippen molar-refractivity contribution in [1.29, 1.82) is 0 Å². The quantitative estimate of drug-likeness (QED) is 0.267. The van der Waals surface area contributed by atoms with Crippen LogP contribution in [0.4, 0.5) is 0 Å². The highest BCUT2D eigenvalue weighted by Gasteiger charge is 2.39. The van der Waals surface area contributed by atoms with Gasteiger partial charge in [0.2, 0.25) is 0 Å². The molecule has 4 rings (SSSR count). The number of rotatable bonds is 1. The molecule has 0 amide bonds. The van der Waals surface area contributed by atoms with Crippen LogP contribution in [0.3, 0.4) is 0 Å². The van der Waals surface area contributed by atoms with Gasteiger partial charge in [0.05, 0.1) is 5.02 Å². The molecule has 1 aliphatic rings. The first-order valence-corrected chi connectivity index (χ1v) is 8.52. The summed E-state index contributed by atoms with van der Waals surface area (Å²) in [5.74, 6) is -2.67. The molecule has 0 unspecified atom stereocenters. The largest absolute Gasteiger partial charge is 0.419 e. The van der Waals surface area contributed by atoms with Gasteiger partial charge in [-0.1, -0.05) is 60.1 Å². The van der Waals surface area contributed by atoms with Gasteiger partial charge in [0.15, 0.2) is 0 Å². The summed E-state index contributed by atoms with van der Waals surface area (Å²) in [5.41, 5.74) is 0.589. The summed E-state index contributed by atoms with van der Waals surface area (Å²) in [6, 6.07) is 15.2. The van der Waals surface area contributed by atoms with Gasteiger partial charge in [0.1, 0.15) is 5.57 Å². The Bertz CT molecular complexity index is 1030. The fraction of sp³-hybridized carbons (Fsp3) is 0.143. The van der Waals surface area contributed by atoms with Crippen molar-refractivity contribution in [2.24, 2.45) is 0 Å². The topological polar surface area (TPSA) is 52.6 Å². The monoisotopic (exact) mass is 366 g/mol. The highest BCUT2D eigenvalue weighted by molar-refractivity contribution is 6.41. The normalized spacial score (nSPS) is 16.5. The fourth-order valence-electron chi connectivity index (χ4n) is 3.19. The van der Waals surface area contributed by atoms with Gasteiger partial charge < -0.3 is 9.47 Å². The van der Waals surface area contributed by atoms with Crippen LogP contribution in [0.1, 0.15) is 19.4 Å². The predicted octanol–water partition coefficient (Wildman–Crippen LogP) is 4.87. The predicted molar refractivity (Wildman–Crippen MR) is 101 cm³/mol. The lowest BCUT2D eigenvalue weighted by Gasteiger charge is -2.29. The van der Waals surface area contributed by atoms with Gasteiger partial charge in [-0.2, -0.15) is 0 Å². The molecule has 1 aliphatic heterocycles. The number of fused-ring (bicyclic) bond motifs is 2. The highest BCUT2D eigenvalue weighted by Crippen LogP contribution is 2.37. The zero-order valence-corrected chi connectivity index (χ0v) is 15.0. The van der Waals surface area contributed by atoms with E-state index >= 15 is 0 Å². The van der Waals surface area contributed by atoms with Crippen LogP contribution in [0.25, 0.3) is 27.6 Å². The summed E-state index contributed by atoms with van der Waals surface area (Å²) in [4.78, 5) is 24.7. The van der Waals surface area contributed by atoms with Crippen LogP contribution >= 0.6 is 11.6 Å².